The molecule has 0 aliphatic heterocycles. The van der Waals surface area contributed by atoms with Crippen LogP contribution in [0.4, 0.5) is 42.6 Å². The lowest BCUT2D eigenvalue weighted by molar-refractivity contribution is -0.143. The number of hydrogen-bond acceptors (Lipinski definition) is 4. The molecule has 0 aliphatic rings. The number of amides is 3. The van der Waals surface area contributed by atoms with Crippen molar-refractivity contribution in [2.75, 3.05) is 37.4 Å². The van der Waals surface area contributed by atoms with Crippen molar-refractivity contribution < 1.29 is 40.7 Å². The number of ether oxygens (including phenoxy) is 1. The van der Waals surface area contributed by atoms with Gasteiger partial charge in [0, 0.05) is 30.8 Å². The molecule has 3 aromatic rings. The first-order chi connectivity index (χ1) is 19.4. The van der Waals surface area contributed by atoms with Crippen LogP contribution in [0, 0.1) is 0 Å². The van der Waals surface area contributed by atoms with Crippen LogP contribution in [-0.2, 0) is 27.3 Å². The van der Waals surface area contributed by atoms with Crippen LogP contribution in [0.2, 0.25) is 5.02 Å². The SMILES string of the molecule is COCCN(CC(=O)Nc1cc(C(C)(C)C)nn1-c1ccccc1Cl)C(=O)Nc1cc(C(F)(F)F)cc(C(F)(F)F)c1. The minimum atomic E-state index is -5.10. The zero-order valence-corrected chi connectivity index (χ0v) is 23.7. The molecule has 1 aromatic heterocycles. The molecule has 0 atom stereocenters. The van der Waals surface area contributed by atoms with E-state index in [4.69, 9.17) is 16.3 Å². The van der Waals surface area contributed by atoms with Crippen LogP contribution in [0.1, 0.15) is 37.6 Å². The quantitative estimate of drug-likeness (QED) is 0.266. The number of anilines is 2. The van der Waals surface area contributed by atoms with E-state index in [-0.39, 0.29) is 25.0 Å². The predicted molar refractivity (Wildman–Crippen MR) is 145 cm³/mol. The van der Waals surface area contributed by atoms with E-state index in [0.29, 0.717) is 28.5 Å². The molecule has 0 saturated heterocycles. The van der Waals surface area contributed by atoms with Crippen LogP contribution in [0.5, 0.6) is 0 Å². The number of urea groups is 1. The molecule has 8 nitrogen and oxygen atoms in total. The standard InChI is InChI=1S/C27H28ClF6N5O3/c1-25(2,3)21-14-22(39(37-21)20-8-6-5-7-19(20)28)36-23(40)15-38(9-10-42-4)24(41)35-18-12-16(26(29,30)31)11-17(13-18)27(32,33)34/h5-8,11-14H,9-10,15H2,1-4H3,(H,35,41)(H,36,40). The number of nitrogens with zero attached hydrogens (tertiary/aromatic N) is 3. The molecule has 0 aliphatic carbocycles. The molecule has 0 saturated carbocycles. The van der Waals surface area contributed by atoms with Crippen LogP contribution in [-0.4, -0.2) is 53.4 Å². The van der Waals surface area contributed by atoms with E-state index in [2.05, 4.69) is 10.4 Å². The summed E-state index contributed by atoms with van der Waals surface area (Å²) in [7, 11) is 1.31. The fourth-order valence-corrected chi connectivity index (χ4v) is 3.90. The molecule has 15 heteroatoms. The Morgan fingerprint density at radius 3 is 2.07 bits per heavy atom. The van der Waals surface area contributed by atoms with Crippen molar-refractivity contribution in [2.24, 2.45) is 0 Å². The highest BCUT2D eigenvalue weighted by Crippen LogP contribution is 2.37. The number of aromatic nitrogens is 2. The summed E-state index contributed by atoms with van der Waals surface area (Å²) in [6, 6.07) is 7.95. The number of methoxy groups -OCH3 is 1. The normalized spacial score (nSPS) is 12.3. The lowest BCUT2D eigenvalue weighted by Crippen LogP contribution is -2.42. The number of benzene rings is 2. The first-order valence-corrected chi connectivity index (χ1v) is 12.8. The van der Waals surface area contributed by atoms with Crippen LogP contribution >= 0.6 is 11.6 Å². The third-order valence-corrected chi connectivity index (χ3v) is 6.17. The molecule has 2 aromatic carbocycles. The Bertz CT molecular complexity index is 1400. The topological polar surface area (TPSA) is 88.5 Å². The highest BCUT2D eigenvalue weighted by Gasteiger charge is 2.37. The number of rotatable bonds is 8. The van der Waals surface area contributed by atoms with E-state index in [9.17, 15) is 35.9 Å². The maximum Gasteiger partial charge on any atom is 0.416 e. The van der Waals surface area contributed by atoms with Gasteiger partial charge in [0.15, 0.2) is 0 Å². The molecule has 0 radical (unpaired) electrons. The van der Waals surface area contributed by atoms with Gasteiger partial charge in [0.05, 0.1) is 34.1 Å². The average Bonchev–Trinajstić information content (AvgIpc) is 3.29. The van der Waals surface area contributed by atoms with Gasteiger partial charge in [-0.05, 0) is 30.3 Å². The Balaban J connectivity index is 1.88. The van der Waals surface area contributed by atoms with E-state index in [1.807, 2.05) is 26.1 Å². The van der Waals surface area contributed by atoms with Gasteiger partial charge < -0.3 is 20.3 Å². The summed E-state index contributed by atoms with van der Waals surface area (Å²) >= 11 is 6.34. The molecule has 0 unspecified atom stereocenters. The van der Waals surface area contributed by atoms with Crippen molar-refractivity contribution in [3.63, 3.8) is 0 Å². The number of alkyl halides is 6. The maximum atomic E-state index is 13.3. The van der Waals surface area contributed by atoms with Crippen LogP contribution in [0.15, 0.2) is 48.5 Å². The van der Waals surface area contributed by atoms with Crippen molar-refractivity contribution in [3.05, 3.63) is 70.4 Å². The molecule has 0 spiro atoms. The van der Waals surface area contributed by atoms with E-state index in [1.54, 1.807) is 30.3 Å². The second-order valence-electron chi connectivity index (χ2n) is 10.2. The Morgan fingerprint density at radius 2 is 1.55 bits per heavy atom. The molecule has 1 heterocycles. The summed E-state index contributed by atoms with van der Waals surface area (Å²) in [6.07, 6.45) is -10.2. The largest absolute Gasteiger partial charge is 0.416 e. The molecule has 3 amide bonds. The summed E-state index contributed by atoms with van der Waals surface area (Å²) in [4.78, 5) is 27.0. The van der Waals surface area contributed by atoms with Crippen LogP contribution in [0.25, 0.3) is 5.69 Å². The molecular formula is C27H28ClF6N5O3. The van der Waals surface area contributed by atoms with Gasteiger partial charge in [0.2, 0.25) is 5.91 Å². The van der Waals surface area contributed by atoms with Crippen molar-refractivity contribution in [2.45, 2.75) is 38.5 Å². The van der Waals surface area contributed by atoms with Gasteiger partial charge in [-0.1, -0.05) is 44.5 Å². The summed E-state index contributed by atoms with van der Waals surface area (Å²) in [5.74, 6) is -0.507. The van der Waals surface area contributed by atoms with E-state index in [1.165, 1.54) is 11.8 Å². The molecule has 228 valence electrons. The fraction of sp³-hybridized carbons (Fsp3) is 0.370. The third kappa shape index (κ3) is 8.38. The zero-order valence-electron chi connectivity index (χ0n) is 23.0. The summed E-state index contributed by atoms with van der Waals surface area (Å²) in [5.41, 5.74) is -3.30. The van der Waals surface area contributed by atoms with Gasteiger partial charge in [-0.3, -0.25) is 4.79 Å². The van der Waals surface area contributed by atoms with E-state index < -0.39 is 53.1 Å². The number of nitrogens with one attached hydrogen (secondary N) is 2. The zero-order chi connectivity index (χ0) is 31.5. The second-order valence-corrected chi connectivity index (χ2v) is 10.6. The number of halogens is 7. The first-order valence-electron chi connectivity index (χ1n) is 12.4. The fourth-order valence-electron chi connectivity index (χ4n) is 3.68. The van der Waals surface area contributed by atoms with Gasteiger partial charge in [-0.25, -0.2) is 9.48 Å². The third-order valence-electron chi connectivity index (χ3n) is 5.85. The molecule has 42 heavy (non-hydrogen) atoms. The van der Waals surface area contributed by atoms with Crippen LogP contribution in [0.3, 0.4) is 0 Å². The number of carbonyl (C=O) groups is 2. The van der Waals surface area contributed by atoms with Crippen LogP contribution < -0.4 is 10.6 Å². The highest BCUT2D eigenvalue weighted by atomic mass is 35.5. The smallest absolute Gasteiger partial charge is 0.383 e. The minimum absolute atomic E-state index is 0.0558. The van der Waals surface area contributed by atoms with Crippen molar-refractivity contribution in [3.8, 4) is 5.69 Å². The minimum Gasteiger partial charge on any atom is -0.383 e. The Kier molecular flexibility index (Phi) is 9.83. The lowest BCUT2D eigenvalue weighted by atomic mass is 9.92. The molecule has 3 rings (SSSR count). The van der Waals surface area contributed by atoms with Crippen molar-refractivity contribution >= 4 is 35.0 Å². The molecule has 2 N–H and O–H groups in total. The number of carbonyl (C=O) groups excluding carboxylic acids is 2. The highest BCUT2D eigenvalue weighted by molar-refractivity contribution is 6.32. The van der Waals surface area contributed by atoms with Gasteiger partial charge in [-0.2, -0.15) is 31.4 Å². The van der Waals surface area contributed by atoms with Crippen molar-refractivity contribution in [1.29, 1.82) is 0 Å². The second kappa shape index (κ2) is 12.6. The first kappa shape index (κ1) is 32.7. The van der Waals surface area contributed by atoms with Gasteiger partial charge >= 0.3 is 18.4 Å². The van der Waals surface area contributed by atoms with E-state index in [0.717, 1.165) is 4.90 Å². The molecular weight excluding hydrogens is 592 g/mol. The Hall–Kier alpha value is -3.78. The summed E-state index contributed by atoms with van der Waals surface area (Å²) in [6.45, 7) is 4.81. The monoisotopic (exact) mass is 619 g/mol. The molecule has 0 fully saturated rings. The summed E-state index contributed by atoms with van der Waals surface area (Å²) in [5, 5.41) is 9.59. The average molecular weight is 620 g/mol. The number of para-hydroxylation sites is 1. The lowest BCUT2D eigenvalue weighted by Gasteiger charge is -2.23. The van der Waals surface area contributed by atoms with Gasteiger partial charge in [0.1, 0.15) is 12.4 Å². The maximum absolute atomic E-state index is 13.3. The van der Waals surface area contributed by atoms with Crippen molar-refractivity contribution in [1.82, 2.24) is 14.7 Å². The molecule has 0 bridgehead atoms. The predicted octanol–water partition coefficient (Wildman–Crippen LogP) is 6.98. The van der Waals surface area contributed by atoms with Gasteiger partial charge in [-0.15, -0.1) is 0 Å². The Labute approximate surface area is 242 Å². The van der Waals surface area contributed by atoms with E-state index >= 15 is 0 Å². The summed E-state index contributed by atoms with van der Waals surface area (Å²) < 4.78 is 85.9. The van der Waals surface area contributed by atoms with Gasteiger partial charge in [0.25, 0.3) is 0 Å². The number of hydrogen-bond donors (Lipinski definition) is 2. The Morgan fingerprint density at radius 1 is 0.952 bits per heavy atom.